The maximum Gasteiger partial charge on any atom is 0.140 e. The lowest BCUT2D eigenvalue weighted by molar-refractivity contribution is 0.669. The van der Waals surface area contributed by atoms with Crippen molar-refractivity contribution < 1.29 is 15.4 Å². The molecule has 5 nitrogen and oxygen atoms in total. The maximum absolute atomic E-state index is 9.49. The van der Waals surface area contributed by atoms with Crippen molar-refractivity contribution in [3.8, 4) is 39.6 Å². The number of furan rings is 1. The summed E-state index contributed by atoms with van der Waals surface area (Å²) < 4.78 is 85.3. The molecular weight excluding hydrogens is 781 g/mol. The fraction of sp³-hybridized carbons (Fsp3) is 0. The minimum atomic E-state index is -0.384. The third-order valence-corrected chi connectivity index (χ3v) is 12.7. The summed E-state index contributed by atoms with van der Waals surface area (Å²) >= 11 is 0. The lowest BCUT2D eigenvalue weighted by atomic mass is 9.90. The minimum absolute atomic E-state index is 0.171. The zero-order valence-electron chi connectivity index (χ0n) is 41.9. The second-order valence-corrected chi connectivity index (χ2v) is 16.1. The second-order valence-electron chi connectivity index (χ2n) is 16.1. The Kier molecular flexibility index (Phi) is 5.88. The normalized spacial score (nSPS) is 13.8. The Hall–Kier alpha value is -8.67. The molecule has 0 spiro atoms. The summed E-state index contributed by atoms with van der Waals surface area (Å²) in [6.45, 7) is 0. The molecule has 5 heteroatoms. The lowest BCUT2D eigenvalue weighted by Gasteiger charge is -2.21. The summed E-state index contributed by atoms with van der Waals surface area (Å²) in [4.78, 5) is 5.47. The molecule has 0 N–H and O–H groups in total. The van der Waals surface area contributed by atoms with E-state index in [1.54, 1.807) is 9.13 Å². The average Bonchev–Trinajstić information content (AvgIpc) is 4.17. The van der Waals surface area contributed by atoms with Crippen LogP contribution in [0.25, 0.3) is 127 Å². The summed E-state index contributed by atoms with van der Waals surface area (Å²) in [5.41, 5.74) is 9.21. The van der Waals surface area contributed by atoms with Gasteiger partial charge in [-0.15, -0.1) is 0 Å². The number of hydrogen-bond donors (Lipinski definition) is 0. The van der Waals surface area contributed by atoms with Gasteiger partial charge in [-0.1, -0.05) is 152 Å². The number of fused-ring (bicyclic) bond motifs is 12. The van der Waals surface area contributed by atoms with Gasteiger partial charge in [-0.3, -0.25) is 9.13 Å². The van der Waals surface area contributed by atoms with Gasteiger partial charge < -0.3 is 8.98 Å². The van der Waals surface area contributed by atoms with Gasteiger partial charge in [0.1, 0.15) is 22.8 Å². The Bertz CT molecular complexity index is 4490. The van der Waals surface area contributed by atoms with Crippen molar-refractivity contribution in [3.05, 3.63) is 218 Å². The van der Waals surface area contributed by atoms with Crippen LogP contribution in [0.3, 0.4) is 0 Å². The number of nitrogens with zero attached hydrogens (tertiary/aromatic N) is 4. The standard InChI is InChI=1S/C59H36N4O/c1-8-26-47-38(17-1)39-18-2-9-27-48(39)61(47)53-32-15-24-44(45-25-16-34-55-59(45)46-23-7-14-33-54(46)64-55)58(53)37-35-56(62-49-28-10-3-19-40(49)41-20-4-11-29-50(41)62)60-57(36-37)63-51-30-12-5-21-42(51)43-22-6-13-31-52(43)63/h1-36H/i3D,5D,10D,12D,19D,21D,28D,30D. The third-order valence-electron chi connectivity index (χ3n) is 12.7. The van der Waals surface area contributed by atoms with Crippen LogP contribution in [-0.2, 0) is 0 Å². The quantitative estimate of drug-likeness (QED) is 0.173. The van der Waals surface area contributed by atoms with E-state index in [-0.39, 0.29) is 59.4 Å². The number of benzene rings is 9. The molecule has 0 atom stereocenters. The summed E-state index contributed by atoms with van der Waals surface area (Å²) in [6, 6.07) is 53.6. The van der Waals surface area contributed by atoms with Crippen molar-refractivity contribution in [2.75, 3.05) is 0 Å². The summed E-state index contributed by atoms with van der Waals surface area (Å²) in [7, 11) is 0. The first-order valence-corrected chi connectivity index (χ1v) is 21.1. The number of pyridine rings is 1. The van der Waals surface area contributed by atoms with Crippen LogP contribution in [0.2, 0.25) is 0 Å². The van der Waals surface area contributed by atoms with Gasteiger partial charge in [0.15, 0.2) is 0 Å². The van der Waals surface area contributed by atoms with E-state index in [0.717, 1.165) is 66.1 Å². The molecule has 5 aromatic heterocycles. The minimum Gasteiger partial charge on any atom is -0.456 e. The van der Waals surface area contributed by atoms with Gasteiger partial charge in [-0.2, -0.15) is 0 Å². The molecule has 9 aromatic carbocycles. The molecular formula is C59H36N4O. The van der Waals surface area contributed by atoms with Gasteiger partial charge in [0.25, 0.3) is 0 Å². The van der Waals surface area contributed by atoms with Crippen molar-refractivity contribution in [3.63, 3.8) is 0 Å². The van der Waals surface area contributed by atoms with Crippen LogP contribution in [0, 0.1) is 0 Å². The van der Waals surface area contributed by atoms with E-state index in [4.69, 9.17) is 14.9 Å². The summed E-state index contributed by atoms with van der Waals surface area (Å²) in [6.07, 6.45) is 0. The molecule has 0 bridgehead atoms. The molecule has 64 heavy (non-hydrogen) atoms. The van der Waals surface area contributed by atoms with E-state index >= 15 is 0 Å². The average molecular weight is 825 g/mol. The van der Waals surface area contributed by atoms with E-state index in [2.05, 4.69) is 59.2 Å². The lowest BCUT2D eigenvalue weighted by Crippen LogP contribution is -2.06. The van der Waals surface area contributed by atoms with Crippen molar-refractivity contribution in [2.24, 2.45) is 0 Å². The molecule has 0 aliphatic carbocycles. The predicted molar refractivity (Wildman–Crippen MR) is 265 cm³/mol. The molecule has 0 aliphatic rings. The Morgan fingerprint density at radius 1 is 0.375 bits per heavy atom. The molecule has 0 saturated heterocycles. The fourth-order valence-electron chi connectivity index (χ4n) is 10.1. The Morgan fingerprint density at radius 2 is 0.828 bits per heavy atom. The predicted octanol–water partition coefficient (Wildman–Crippen LogP) is 15.6. The molecule has 14 aromatic rings. The number of hydrogen-bond acceptors (Lipinski definition) is 2. The Labute approximate surface area is 378 Å². The molecule has 0 radical (unpaired) electrons. The first-order valence-electron chi connectivity index (χ1n) is 25.1. The second kappa shape index (κ2) is 13.4. The van der Waals surface area contributed by atoms with Gasteiger partial charge in [0, 0.05) is 48.7 Å². The highest BCUT2D eigenvalue weighted by Crippen LogP contribution is 2.46. The van der Waals surface area contributed by atoms with Gasteiger partial charge in [-0.05, 0) is 83.4 Å². The molecule has 5 heterocycles. The summed E-state index contributed by atoms with van der Waals surface area (Å²) in [5.74, 6) is 0.640. The van der Waals surface area contributed by atoms with Crippen LogP contribution in [0.5, 0.6) is 0 Å². The topological polar surface area (TPSA) is 40.8 Å². The van der Waals surface area contributed by atoms with E-state index in [1.807, 2.05) is 115 Å². The Morgan fingerprint density at radius 3 is 1.42 bits per heavy atom. The maximum atomic E-state index is 9.49. The zero-order valence-corrected chi connectivity index (χ0v) is 33.9. The molecule has 0 fully saturated rings. The van der Waals surface area contributed by atoms with Crippen molar-refractivity contribution >= 4 is 87.4 Å². The van der Waals surface area contributed by atoms with E-state index in [0.29, 0.717) is 49.8 Å². The van der Waals surface area contributed by atoms with E-state index in [9.17, 15) is 5.48 Å². The molecule has 0 amide bonds. The van der Waals surface area contributed by atoms with Crippen LogP contribution in [-0.4, -0.2) is 18.7 Å². The van der Waals surface area contributed by atoms with Gasteiger partial charge in [0.2, 0.25) is 0 Å². The van der Waals surface area contributed by atoms with Crippen LogP contribution < -0.4 is 0 Å². The van der Waals surface area contributed by atoms with E-state index in [1.165, 1.54) is 0 Å². The van der Waals surface area contributed by atoms with Crippen LogP contribution in [0.1, 0.15) is 11.0 Å². The van der Waals surface area contributed by atoms with E-state index < -0.39 is 0 Å². The SMILES string of the molecule is [2H]c1c([2H])c([2H])c2c(c1[2H])c1ccccc1n2-c1cc(-c2c(-c3cccc4oc5ccccc5c34)cccc2-n2c3ccccc3c3ccccc32)cc(-n2c3ccccc3c3c([2H])c([2H])c([2H])c([2H])c32)n1. The highest BCUT2D eigenvalue weighted by atomic mass is 16.3. The Balaban J connectivity index is 1.21. The zero-order chi connectivity index (χ0) is 48.8. The van der Waals surface area contributed by atoms with Crippen LogP contribution in [0.15, 0.2) is 223 Å². The first-order chi connectivity index (χ1) is 35.1. The molecule has 14 rings (SSSR count). The number of aromatic nitrogens is 4. The van der Waals surface area contributed by atoms with Gasteiger partial charge in [-0.25, -0.2) is 4.98 Å². The molecule has 298 valence electrons. The van der Waals surface area contributed by atoms with Gasteiger partial charge in [0.05, 0.1) is 49.8 Å². The molecule has 0 unspecified atom stereocenters. The largest absolute Gasteiger partial charge is 0.456 e. The number of rotatable bonds is 5. The van der Waals surface area contributed by atoms with Crippen molar-refractivity contribution in [2.45, 2.75) is 0 Å². The first kappa shape index (κ1) is 28.0. The van der Waals surface area contributed by atoms with Gasteiger partial charge >= 0.3 is 0 Å². The summed E-state index contributed by atoms with van der Waals surface area (Å²) in [5, 5.41) is 5.95. The highest BCUT2D eigenvalue weighted by Gasteiger charge is 2.24. The van der Waals surface area contributed by atoms with Crippen molar-refractivity contribution in [1.29, 1.82) is 0 Å². The third kappa shape index (κ3) is 4.92. The molecule has 0 saturated carbocycles. The molecule has 0 aliphatic heterocycles. The van der Waals surface area contributed by atoms with Crippen LogP contribution >= 0.6 is 0 Å². The monoisotopic (exact) mass is 824 g/mol. The highest BCUT2D eigenvalue weighted by molar-refractivity contribution is 6.16. The fourth-order valence-corrected chi connectivity index (χ4v) is 10.1. The smallest absolute Gasteiger partial charge is 0.140 e. The van der Waals surface area contributed by atoms with Crippen LogP contribution in [0.4, 0.5) is 0 Å². The number of para-hydroxylation sites is 7. The van der Waals surface area contributed by atoms with Crippen molar-refractivity contribution in [1.82, 2.24) is 18.7 Å².